The van der Waals surface area contributed by atoms with Crippen LogP contribution in [0, 0.1) is 0 Å². The molecule has 0 aromatic heterocycles. The first-order valence-corrected chi connectivity index (χ1v) is 5.03. The van der Waals surface area contributed by atoms with E-state index in [2.05, 4.69) is 10.4 Å². The van der Waals surface area contributed by atoms with Crippen molar-refractivity contribution in [3.63, 3.8) is 0 Å². The molecule has 0 saturated heterocycles. The molecule has 0 saturated carbocycles. The number of nitrogens with two attached hydrogens (primary N) is 1. The summed E-state index contributed by atoms with van der Waals surface area (Å²) in [6.07, 6.45) is 7.53. The number of aliphatic imine (C=N–C) groups is 1. The SMILES string of the molecule is NC(=O)N1CC=CC2=C1C=NC1=CCNN12. The van der Waals surface area contributed by atoms with E-state index in [1.165, 1.54) is 4.90 Å². The molecular weight excluding hydrogens is 206 g/mol. The monoisotopic (exact) mass is 217 g/mol. The third kappa shape index (κ3) is 1.17. The number of hydrogen-bond acceptors (Lipinski definition) is 4. The largest absolute Gasteiger partial charge is 0.351 e. The van der Waals surface area contributed by atoms with Crippen molar-refractivity contribution >= 4 is 12.2 Å². The van der Waals surface area contributed by atoms with Crippen molar-refractivity contribution in [2.24, 2.45) is 10.7 Å². The van der Waals surface area contributed by atoms with Crippen molar-refractivity contribution in [3.05, 3.63) is 35.4 Å². The Balaban J connectivity index is 2.06. The molecule has 0 aromatic carbocycles. The van der Waals surface area contributed by atoms with Gasteiger partial charge in [-0.3, -0.25) is 9.91 Å². The summed E-state index contributed by atoms with van der Waals surface area (Å²) in [5.74, 6) is 0.856. The second kappa shape index (κ2) is 3.21. The molecule has 82 valence electrons. The third-order valence-corrected chi connectivity index (χ3v) is 2.71. The Hall–Kier alpha value is -2.08. The first-order chi connectivity index (χ1) is 7.77. The smallest absolute Gasteiger partial charge is 0.319 e. The van der Waals surface area contributed by atoms with Crippen molar-refractivity contribution < 1.29 is 4.79 Å². The Bertz CT molecular complexity index is 470. The number of hydrazine groups is 1. The minimum Gasteiger partial charge on any atom is -0.351 e. The first-order valence-electron chi connectivity index (χ1n) is 5.03. The molecule has 0 fully saturated rings. The number of nitrogens with zero attached hydrogens (tertiary/aromatic N) is 3. The van der Waals surface area contributed by atoms with E-state index in [0.717, 1.165) is 23.8 Å². The molecule has 6 heteroatoms. The quantitative estimate of drug-likeness (QED) is 0.594. The molecular formula is C10H11N5O. The molecule has 3 N–H and O–H groups in total. The van der Waals surface area contributed by atoms with Gasteiger partial charge in [0.15, 0.2) is 0 Å². The van der Waals surface area contributed by atoms with Crippen LogP contribution in [0.2, 0.25) is 0 Å². The van der Waals surface area contributed by atoms with Gasteiger partial charge in [-0.05, 0) is 12.2 Å². The van der Waals surface area contributed by atoms with E-state index in [4.69, 9.17) is 5.73 Å². The number of hydrogen-bond donors (Lipinski definition) is 2. The van der Waals surface area contributed by atoms with E-state index >= 15 is 0 Å². The van der Waals surface area contributed by atoms with E-state index in [1.54, 1.807) is 6.21 Å². The lowest BCUT2D eigenvalue weighted by molar-refractivity contribution is 0.223. The highest BCUT2D eigenvalue weighted by Gasteiger charge is 2.29. The minimum atomic E-state index is -0.463. The highest BCUT2D eigenvalue weighted by atomic mass is 16.2. The fraction of sp³-hybridized carbons (Fsp3) is 0.200. The number of urea groups is 1. The fourth-order valence-corrected chi connectivity index (χ4v) is 1.97. The van der Waals surface area contributed by atoms with Crippen molar-refractivity contribution in [3.8, 4) is 0 Å². The van der Waals surface area contributed by atoms with Crippen LogP contribution in [0.4, 0.5) is 4.79 Å². The van der Waals surface area contributed by atoms with Crippen LogP contribution in [-0.2, 0) is 0 Å². The van der Waals surface area contributed by atoms with Gasteiger partial charge in [-0.2, -0.15) is 0 Å². The lowest BCUT2D eigenvalue weighted by atomic mass is 10.2. The summed E-state index contributed by atoms with van der Waals surface area (Å²) in [7, 11) is 0. The minimum absolute atomic E-state index is 0.463. The molecule has 3 aliphatic heterocycles. The van der Waals surface area contributed by atoms with E-state index in [-0.39, 0.29) is 0 Å². The van der Waals surface area contributed by atoms with E-state index < -0.39 is 6.03 Å². The summed E-state index contributed by atoms with van der Waals surface area (Å²) in [5.41, 5.74) is 10.1. The van der Waals surface area contributed by atoms with E-state index in [9.17, 15) is 4.79 Å². The van der Waals surface area contributed by atoms with Crippen molar-refractivity contribution in [1.29, 1.82) is 0 Å². The molecule has 0 atom stereocenters. The third-order valence-electron chi connectivity index (χ3n) is 2.71. The van der Waals surface area contributed by atoms with Crippen LogP contribution in [0.3, 0.4) is 0 Å². The van der Waals surface area contributed by atoms with Gasteiger partial charge in [0.2, 0.25) is 0 Å². The van der Waals surface area contributed by atoms with Crippen LogP contribution >= 0.6 is 0 Å². The van der Waals surface area contributed by atoms with Crippen LogP contribution in [0.1, 0.15) is 0 Å². The maximum Gasteiger partial charge on any atom is 0.319 e. The van der Waals surface area contributed by atoms with Gasteiger partial charge >= 0.3 is 6.03 Å². The molecule has 2 amide bonds. The van der Waals surface area contributed by atoms with Crippen molar-refractivity contribution in [1.82, 2.24) is 15.3 Å². The second-order valence-corrected chi connectivity index (χ2v) is 3.64. The second-order valence-electron chi connectivity index (χ2n) is 3.64. The lowest BCUT2D eigenvalue weighted by Crippen LogP contribution is -2.43. The molecule has 0 aliphatic carbocycles. The zero-order chi connectivity index (χ0) is 11.1. The van der Waals surface area contributed by atoms with Crippen LogP contribution in [0.15, 0.2) is 40.4 Å². The summed E-state index contributed by atoms with van der Waals surface area (Å²) >= 11 is 0. The Labute approximate surface area is 92.4 Å². The number of allylic oxidation sites excluding steroid dienone is 2. The molecule has 3 heterocycles. The number of fused-ring (bicyclic) bond motifs is 2. The molecule has 16 heavy (non-hydrogen) atoms. The zero-order valence-electron chi connectivity index (χ0n) is 8.55. The van der Waals surface area contributed by atoms with Gasteiger partial charge < -0.3 is 5.73 Å². The van der Waals surface area contributed by atoms with Gasteiger partial charge in [0, 0.05) is 13.1 Å². The number of amides is 2. The van der Waals surface area contributed by atoms with E-state index in [1.807, 2.05) is 23.2 Å². The van der Waals surface area contributed by atoms with Crippen molar-refractivity contribution in [2.75, 3.05) is 13.1 Å². The predicted octanol–water partition coefficient (Wildman–Crippen LogP) is -0.105. The predicted molar refractivity (Wildman–Crippen MR) is 58.9 cm³/mol. The number of primary amides is 1. The Morgan fingerprint density at radius 1 is 1.50 bits per heavy atom. The molecule has 0 bridgehead atoms. The highest BCUT2D eigenvalue weighted by molar-refractivity contribution is 5.89. The molecule has 0 spiro atoms. The number of nitrogens with one attached hydrogen (secondary N) is 1. The van der Waals surface area contributed by atoms with Gasteiger partial charge in [0.05, 0.1) is 17.6 Å². The maximum atomic E-state index is 11.3. The average Bonchev–Trinajstić information content (AvgIpc) is 2.76. The summed E-state index contributed by atoms with van der Waals surface area (Å²) in [4.78, 5) is 17.0. The molecule has 6 nitrogen and oxygen atoms in total. The maximum absolute atomic E-state index is 11.3. The zero-order valence-corrected chi connectivity index (χ0v) is 8.55. The van der Waals surface area contributed by atoms with Crippen LogP contribution in [0.5, 0.6) is 0 Å². The molecule has 0 radical (unpaired) electrons. The number of carbonyl (C=O) groups is 1. The standard InChI is InChI=1S/C10H11N5O/c11-10(16)14-5-1-2-7-8(14)6-12-9-3-4-13-15(7)9/h1-3,6,13H,4-5H2,(H2,11,16). The van der Waals surface area contributed by atoms with E-state index in [0.29, 0.717) is 6.54 Å². The summed E-state index contributed by atoms with van der Waals surface area (Å²) in [5, 5.41) is 1.86. The molecule has 0 aromatic rings. The summed E-state index contributed by atoms with van der Waals surface area (Å²) in [6.45, 7) is 1.24. The average molecular weight is 217 g/mol. The van der Waals surface area contributed by atoms with Crippen LogP contribution in [0.25, 0.3) is 0 Å². The van der Waals surface area contributed by atoms with Gasteiger partial charge in [0.25, 0.3) is 0 Å². The Kier molecular flexibility index (Phi) is 1.84. The molecule has 0 unspecified atom stereocenters. The topological polar surface area (TPSA) is 74.0 Å². The number of carbonyl (C=O) groups excluding carboxylic acids is 1. The molecule has 3 rings (SSSR count). The van der Waals surface area contributed by atoms with Gasteiger partial charge in [-0.15, -0.1) is 0 Å². The normalized spacial score (nSPS) is 22.1. The van der Waals surface area contributed by atoms with Crippen LogP contribution < -0.4 is 11.2 Å². The van der Waals surface area contributed by atoms with Gasteiger partial charge in [-0.25, -0.2) is 15.2 Å². The Morgan fingerprint density at radius 3 is 3.19 bits per heavy atom. The number of rotatable bonds is 0. The fourth-order valence-electron chi connectivity index (χ4n) is 1.97. The lowest BCUT2D eigenvalue weighted by Gasteiger charge is -2.32. The van der Waals surface area contributed by atoms with Gasteiger partial charge in [0.1, 0.15) is 5.82 Å². The van der Waals surface area contributed by atoms with Gasteiger partial charge in [-0.1, -0.05) is 6.08 Å². The highest BCUT2D eigenvalue weighted by Crippen LogP contribution is 2.27. The summed E-state index contributed by atoms with van der Waals surface area (Å²) < 4.78 is 0. The van der Waals surface area contributed by atoms with Crippen LogP contribution in [-0.4, -0.2) is 35.2 Å². The van der Waals surface area contributed by atoms with Crippen molar-refractivity contribution in [2.45, 2.75) is 0 Å². The Morgan fingerprint density at radius 2 is 2.38 bits per heavy atom. The summed E-state index contributed by atoms with van der Waals surface area (Å²) in [6, 6.07) is -0.463. The first kappa shape index (κ1) is 9.17. The molecule has 3 aliphatic rings.